The highest BCUT2D eigenvalue weighted by Crippen LogP contribution is 2.39. The van der Waals surface area contributed by atoms with E-state index in [9.17, 15) is 5.11 Å². The van der Waals surface area contributed by atoms with E-state index in [-0.39, 0.29) is 6.10 Å². The van der Waals surface area contributed by atoms with Crippen molar-refractivity contribution < 1.29 is 9.84 Å². The summed E-state index contributed by atoms with van der Waals surface area (Å²) in [4.78, 5) is 2.52. The van der Waals surface area contributed by atoms with Crippen molar-refractivity contribution in [2.75, 3.05) is 14.2 Å². The lowest BCUT2D eigenvalue weighted by Crippen LogP contribution is -2.43. The monoisotopic (exact) mass is 353 g/mol. The molecule has 0 spiro atoms. The molecule has 21 heavy (non-hydrogen) atoms. The molecular formula is C17H24BrNO2. The zero-order valence-corrected chi connectivity index (χ0v) is 14.3. The Bertz CT molecular complexity index is 494. The summed E-state index contributed by atoms with van der Waals surface area (Å²) in [6.07, 6.45) is 5.26. The van der Waals surface area contributed by atoms with Crippen LogP contribution in [0.15, 0.2) is 22.7 Å². The molecular weight excluding hydrogens is 330 g/mol. The molecule has 1 N–H and O–H groups in total. The maximum absolute atomic E-state index is 10.7. The van der Waals surface area contributed by atoms with Crippen molar-refractivity contribution in [3.63, 3.8) is 0 Å². The molecule has 2 saturated heterocycles. The van der Waals surface area contributed by atoms with Gasteiger partial charge in [0.2, 0.25) is 0 Å². The predicted octanol–water partition coefficient (Wildman–Crippen LogP) is 3.23. The van der Waals surface area contributed by atoms with Gasteiger partial charge in [-0.2, -0.15) is 0 Å². The molecule has 0 aromatic heterocycles. The summed E-state index contributed by atoms with van der Waals surface area (Å²) < 4.78 is 6.46. The molecule has 116 valence electrons. The van der Waals surface area contributed by atoms with Crippen LogP contribution in [0.3, 0.4) is 0 Å². The van der Waals surface area contributed by atoms with E-state index in [1.165, 1.54) is 12.8 Å². The average molecular weight is 354 g/mol. The Morgan fingerprint density at radius 3 is 2.62 bits per heavy atom. The molecule has 2 aliphatic rings. The Balaban J connectivity index is 1.69. The molecule has 4 heteroatoms. The minimum atomic E-state index is -0.273. The molecule has 0 amide bonds. The number of halogens is 1. The summed E-state index contributed by atoms with van der Waals surface area (Å²) in [5.74, 6) is 1.29. The van der Waals surface area contributed by atoms with Crippen molar-refractivity contribution >= 4 is 15.9 Å². The number of hydrogen-bond acceptors (Lipinski definition) is 3. The Labute approximate surface area is 135 Å². The number of benzene rings is 1. The molecule has 2 bridgehead atoms. The van der Waals surface area contributed by atoms with Gasteiger partial charge in [-0.05, 0) is 62.4 Å². The quantitative estimate of drug-likeness (QED) is 0.901. The number of ether oxygens (including phenoxy) is 1. The molecule has 3 rings (SSSR count). The summed E-state index contributed by atoms with van der Waals surface area (Å²) in [6.45, 7) is 0. The first-order valence-corrected chi connectivity index (χ1v) is 8.60. The van der Waals surface area contributed by atoms with Crippen LogP contribution in [0.1, 0.15) is 31.2 Å². The van der Waals surface area contributed by atoms with Gasteiger partial charge in [0.05, 0.1) is 13.2 Å². The summed E-state index contributed by atoms with van der Waals surface area (Å²) in [7, 11) is 3.93. The standard InChI is InChI=1S/C17H24BrNO2/c1-19-14-4-5-15(19)9-11(8-14)16(20)10-12-7-13(18)3-6-17(12)21-2/h3,6-7,11,14-16,20H,4-5,8-10H2,1-2H3. The highest BCUT2D eigenvalue weighted by Gasteiger charge is 2.40. The van der Waals surface area contributed by atoms with Crippen LogP contribution in [-0.2, 0) is 6.42 Å². The van der Waals surface area contributed by atoms with Crippen LogP contribution in [0.4, 0.5) is 0 Å². The summed E-state index contributed by atoms with van der Waals surface area (Å²) in [5, 5.41) is 10.7. The van der Waals surface area contributed by atoms with E-state index < -0.39 is 0 Å². The number of nitrogens with zero attached hydrogens (tertiary/aromatic N) is 1. The van der Waals surface area contributed by atoms with E-state index in [4.69, 9.17) is 4.74 Å². The highest BCUT2D eigenvalue weighted by atomic mass is 79.9. The fourth-order valence-corrected chi connectivity index (χ4v) is 4.47. The Morgan fingerprint density at radius 2 is 2.00 bits per heavy atom. The molecule has 1 aromatic carbocycles. The summed E-state index contributed by atoms with van der Waals surface area (Å²) >= 11 is 3.50. The lowest BCUT2D eigenvalue weighted by molar-refractivity contribution is 0.0365. The fourth-order valence-electron chi connectivity index (χ4n) is 4.07. The number of fused-ring (bicyclic) bond motifs is 2. The topological polar surface area (TPSA) is 32.7 Å². The summed E-state index contributed by atoms with van der Waals surface area (Å²) in [6, 6.07) is 7.35. The number of aliphatic hydroxyl groups excluding tert-OH is 1. The number of methoxy groups -OCH3 is 1. The molecule has 2 heterocycles. The third kappa shape index (κ3) is 3.13. The Kier molecular flexibility index (Phi) is 4.57. The zero-order valence-electron chi connectivity index (χ0n) is 12.8. The van der Waals surface area contributed by atoms with Crippen LogP contribution in [0.2, 0.25) is 0 Å². The smallest absolute Gasteiger partial charge is 0.122 e. The van der Waals surface area contributed by atoms with Gasteiger partial charge in [0.25, 0.3) is 0 Å². The maximum atomic E-state index is 10.7. The maximum Gasteiger partial charge on any atom is 0.122 e. The molecule has 0 radical (unpaired) electrons. The number of hydrogen-bond donors (Lipinski definition) is 1. The van der Waals surface area contributed by atoms with E-state index in [0.29, 0.717) is 24.4 Å². The number of piperidine rings is 1. The van der Waals surface area contributed by atoms with E-state index in [0.717, 1.165) is 28.6 Å². The van der Waals surface area contributed by atoms with Gasteiger partial charge >= 0.3 is 0 Å². The van der Waals surface area contributed by atoms with Gasteiger partial charge in [-0.1, -0.05) is 15.9 Å². The van der Waals surface area contributed by atoms with Crippen molar-refractivity contribution in [1.29, 1.82) is 0 Å². The van der Waals surface area contributed by atoms with Crippen LogP contribution in [0.25, 0.3) is 0 Å². The fraction of sp³-hybridized carbons (Fsp3) is 0.647. The third-order valence-electron chi connectivity index (χ3n) is 5.35. The van der Waals surface area contributed by atoms with Gasteiger partial charge in [-0.25, -0.2) is 0 Å². The van der Waals surface area contributed by atoms with E-state index in [1.54, 1.807) is 7.11 Å². The Hall–Kier alpha value is -0.580. The first kappa shape index (κ1) is 15.3. The van der Waals surface area contributed by atoms with Gasteiger partial charge in [-0.3, -0.25) is 0 Å². The van der Waals surface area contributed by atoms with E-state index >= 15 is 0 Å². The van der Waals surface area contributed by atoms with Crippen molar-refractivity contribution in [3.8, 4) is 5.75 Å². The van der Waals surface area contributed by atoms with Crippen LogP contribution in [-0.4, -0.2) is 42.4 Å². The predicted molar refractivity (Wildman–Crippen MR) is 87.7 cm³/mol. The van der Waals surface area contributed by atoms with Gasteiger partial charge in [0, 0.05) is 23.0 Å². The normalized spacial score (nSPS) is 30.4. The SMILES string of the molecule is COc1ccc(Br)cc1CC(O)C1CC2CCC(C1)N2C. The van der Waals surface area contributed by atoms with Crippen LogP contribution >= 0.6 is 15.9 Å². The molecule has 2 fully saturated rings. The second-order valence-electron chi connectivity index (χ2n) is 6.51. The van der Waals surface area contributed by atoms with E-state index in [1.807, 2.05) is 12.1 Å². The molecule has 3 atom stereocenters. The molecule has 3 unspecified atom stereocenters. The van der Waals surface area contributed by atoms with Gasteiger partial charge in [0.15, 0.2) is 0 Å². The largest absolute Gasteiger partial charge is 0.496 e. The second kappa shape index (κ2) is 6.27. The van der Waals surface area contributed by atoms with Crippen molar-refractivity contribution in [3.05, 3.63) is 28.2 Å². The van der Waals surface area contributed by atoms with Crippen molar-refractivity contribution in [1.82, 2.24) is 4.90 Å². The third-order valence-corrected chi connectivity index (χ3v) is 5.84. The average Bonchev–Trinajstić information content (AvgIpc) is 2.69. The molecule has 0 saturated carbocycles. The number of aliphatic hydroxyl groups is 1. The first-order chi connectivity index (χ1) is 10.1. The molecule has 1 aromatic rings. The molecule has 0 aliphatic carbocycles. The number of rotatable bonds is 4. The van der Waals surface area contributed by atoms with Crippen molar-refractivity contribution in [2.45, 2.75) is 50.3 Å². The van der Waals surface area contributed by atoms with Crippen molar-refractivity contribution in [2.24, 2.45) is 5.92 Å². The minimum Gasteiger partial charge on any atom is -0.496 e. The second-order valence-corrected chi connectivity index (χ2v) is 7.43. The van der Waals surface area contributed by atoms with Gasteiger partial charge in [-0.15, -0.1) is 0 Å². The van der Waals surface area contributed by atoms with Crippen LogP contribution in [0.5, 0.6) is 5.75 Å². The minimum absolute atomic E-state index is 0.273. The zero-order chi connectivity index (χ0) is 15.0. The van der Waals surface area contributed by atoms with Gasteiger partial charge in [0.1, 0.15) is 5.75 Å². The Morgan fingerprint density at radius 1 is 1.33 bits per heavy atom. The molecule has 2 aliphatic heterocycles. The van der Waals surface area contributed by atoms with Gasteiger partial charge < -0.3 is 14.7 Å². The first-order valence-electron chi connectivity index (χ1n) is 7.81. The van der Waals surface area contributed by atoms with E-state index in [2.05, 4.69) is 33.9 Å². The van der Waals surface area contributed by atoms with Crippen LogP contribution < -0.4 is 4.74 Å². The van der Waals surface area contributed by atoms with Crippen LogP contribution in [0, 0.1) is 5.92 Å². The molecule has 3 nitrogen and oxygen atoms in total. The lowest BCUT2D eigenvalue weighted by Gasteiger charge is -2.38. The highest BCUT2D eigenvalue weighted by molar-refractivity contribution is 9.10. The summed E-state index contributed by atoms with van der Waals surface area (Å²) in [5.41, 5.74) is 1.09. The lowest BCUT2D eigenvalue weighted by atomic mass is 9.84.